The summed E-state index contributed by atoms with van der Waals surface area (Å²) in [4.78, 5) is 21.0. The summed E-state index contributed by atoms with van der Waals surface area (Å²) < 4.78 is 10.8. The number of rotatable bonds is 7. The lowest BCUT2D eigenvalue weighted by Crippen LogP contribution is -2.22. The highest BCUT2D eigenvalue weighted by Gasteiger charge is 2.08. The molecule has 0 bridgehead atoms. The number of para-hydroxylation sites is 1. The van der Waals surface area contributed by atoms with E-state index < -0.39 is 0 Å². The van der Waals surface area contributed by atoms with Gasteiger partial charge in [-0.25, -0.2) is 9.97 Å². The van der Waals surface area contributed by atoms with Crippen LogP contribution in [0, 0.1) is 0 Å². The third-order valence-corrected chi connectivity index (χ3v) is 4.65. The van der Waals surface area contributed by atoms with Crippen LogP contribution in [0.2, 0.25) is 0 Å². The Kier molecular flexibility index (Phi) is 6.18. The molecule has 3 aromatic carbocycles. The largest absolute Gasteiger partial charge is 0.497 e. The molecule has 154 valence electrons. The molecular formula is C25H21N3O3. The zero-order chi connectivity index (χ0) is 21.5. The monoisotopic (exact) mass is 411 g/mol. The van der Waals surface area contributed by atoms with Crippen LogP contribution in [0.3, 0.4) is 0 Å². The van der Waals surface area contributed by atoms with Crippen LogP contribution in [0.25, 0.3) is 11.1 Å². The minimum atomic E-state index is -0.141. The van der Waals surface area contributed by atoms with Gasteiger partial charge in [0.1, 0.15) is 11.5 Å². The van der Waals surface area contributed by atoms with Gasteiger partial charge in [-0.05, 0) is 47.5 Å². The van der Waals surface area contributed by atoms with Gasteiger partial charge < -0.3 is 14.8 Å². The third kappa shape index (κ3) is 5.25. The van der Waals surface area contributed by atoms with Crippen molar-refractivity contribution < 1.29 is 14.3 Å². The number of nitrogens with zero attached hydrogens (tertiary/aromatic N) is 2. The van der Waals surface area contributed by atoms with Gasteiger partial charge in [-0.15, -0.1) is 0 Å². The molecule has 0 unspecified atom stereocenters. The van der Waals surface area contributed by atoms with Crippen LogP contribution in [0.5, 0.6) is 17.5 Å². The quantitative estimate of drug-likeness (QED) is 0.469. The molecule has 4 rings (SSSR count). The Balaban J connectivity index is 1.37. The number of carbonyl (C=O) groups is 1. The van der Waals surface area contributed by atoms with E-state index in [9.17, 15) is 4.79 Å². The molecule has 1 N–H and O–H groups in total. The number of benzene rings is 3. The fraction of sp³-hybridized carbons (Fsp3) is 0.0800. The lowest BCUT2D eigenvalue weighted by Gasteiger charge is -2.08. The Morgan fingerprint density at radius 3 is 2.26 bits per heavy atom. The molecular weight excluding hydrogens is 390 g/mol. The van der Waals surface area contributed by atoms with Crippen LogP contribution >= 0.6 is 0 Å². The van der Waals surface area contributed by atoms with Crippen molar-refractivity contribution in [2.45, 2.75) is 6.54 Å². The van der Waals surface area contributed by atoms with E-state index in [2.05, 4.69) is 15.3 Å². The Labute approximate surface area is 180 Å². The van der Waals surface area contributed by atoms with Crippen molar-refractivity contribution in [3.63, 3.8) is 0 Å². The highest BCUT2D eigenvalue weighted by Crippen LogP contribution is 2.22. The Morgan fingerprint density at radius 1 is 0.839 bits per heavy atom. The van der Waals surface area contributed by atoms with E-state index in [0.717, 1.165) is 22.4 Å². The molecule has 1 aromatic heterocycles. The fourth-order valence-corrected chi connectivity index (χ4v) is 2.99. The first-order chi connectivity index (χ1) is 15.2. The maximum absolute atomic E-state index is 12.5. The molecule has 0 saturated heterocycles. The number of methoxy groups -OCH3 is 1. The summed E-state index contributed by atoms with van der Waals surface area (Å²) in [5, 5.41) is 2.92. The standard InChI is InChI=1S/C25H21N3O3/c1-30-23-9-5-6-18(14-23)15-26-24(29)20-12-10-19(11-13-20)21-16-27-25(28-17-21)31-22-7-3-2-4-8-22/h2-14,16-17H,15H2,1H3,(H,26,29). The number of carbonyl (C=O) groups excluding carboxylic acids is 1. The molecule has 0 aliphatic heterocycles. The topological polar surface area (TPSA) is 73.3 Å². The lowest BCUT2D eigenvalue weighted by atomic mass is 10.1. The van der Waals surface area contributed by atoms with E-state index in [1.807, 2.05) is 66.7 Å². The summed E-state index contributed by atoms with van der Waals surface area (Å²) in [6.07, 6.45) is 3.40. The molecule has 0 spiro atoms. The number of ether oxygens (including phenoxy) is 2. The van der Waals surface area contributed by atoms with Crippen molar-refractivity contribution in [2.75, 3.05) is 7.11 Å². The molecule has 0 saturated carbocycles. The van der Waals surface area contributed by atoms with E-state index in [0.29, 0.717) is 17.9 Å². The molecule has 1 amide bonds. The molecule has 0 aliphatic carbocycles. The Bertz CT molecular complexity index is 1140. The lowest BCUT2D eigenvalue weighted by molar-refractivity contribution is 0.0951. The van der Waals surface area contributed by atoms with Crippen LogP contribution in [-0.2, 0) is 6.54 Å². The normalized spacial score (nSPS) is 10.4. The molecule has 6 heteroatoms. The molecule has 31 heavy (non-hydrogen) atoms. The van der Waals surface area contributed by atoms with Crippen LogP contribution in [0.4, 0.5) is 0 Å². The Morgan fingerprint density at radius 2 is 1.55 bits per heavy atom. The van der Waals surface area contributed by atoms with Gasteiger partial charge in [0.15, 0.2) is 0 Å². The van der Waals surface area contributed by atoms with Crippen molar-refractivity contribution in [1.29, 1.82) is 0 Å². The van der Waals surface area contributed by atoms with Crippen molar-refractivity contribution in [3.05, 3.63) is 102 Å². The molecule has 1 heterocycles. The number of aromatic nitrogens is 2. The number of amides is 1. The van der Waals surface area contributed by atoms with Crippen LogP contribution in [0.1, 0.15) is 15.9 Å². The molecule has 0 atom stereocenters. The predicted molar refractivity (Wildman–Crippen MR) is 118 cm³/mol. The van der Waals surface area contributed by atoms with Gasteiger partial charge in [0, 0.05) is 30.1 Å². The minimum absolute atomic E-state index is 0.141. The number of hydrogen-bond acceptors (Lipinski definition) is 5. The highest BCUT2D eigenvalue weighted by atomic mass is 16.5. The SMILES string of the molecule is COc1cccc(CNC(=O)c2ccc(-c3cnc(Oc4ccccc4)nc3)cc2)c1. The van der Waals surface area contributed by atoms with Gasteiger partial charge in [0.2, 0.25) is 0 Å². The Hall–Kier alpha value is -4.19. The second-order valence-corrected chi connectivity index (χ2v) is 6.78. The van der Waals surface area contributed by atoms with Crippen LogP contribution in [0.15, 0.2) is 91.3 Å². The van der Waals surface area contributed by atoms with Crippen molar-refractivity contribution in [1.82, 2.24) is 15.3 Å². The van der Waals surface area contributed by atoms with Crippen LogP contribution < -0.4 is 14.8 Å². The number of nitrogens with one attached hydrogen (secondary N) is 1. The summed E-state index contributed by atoms with van der Waals surface area (Å²) in [7, 11) is 1.62. The summed E-state index contributed by atoms with van der Waals surface area (Å²) in [6.45, 7) is 0.425. The molecule has 0 radical (unpaired) electrons. The second-order valence-electron chi connectivity index (χ2n) is 6.78. The van der Waals surface area contributed by atoms with Gasteiger partial charge in [0.25, 0.3) is 5.91 Å². The zero-order valence-electron chi connectivity index (χ0n) is 17.0. The van der Waals surface area contributed by atoms with E-state index in [4.69, 9.17) is 9.47 Å². The smallest absolute Gasteiger partial charge is 0.321 e. The molecule has 4 aromatic rings. The second kappa shape index (κ2) is 9.54. The molecule has 0 aliphatic rings. The number of hydrogen-bond donors (Lipinski definition) is 1. The summed E-state index contributed by atoms with van der Waals surface area (Å²) in [5.41, 5.74) is 3.30. The van der Waals surface area contributed by atoms with Crippen LogP contribution in [-0.4, -0.2) is 23.0 Å². The summed E-state index contributed by atoms with van der Waals surface area (Å²) in [5.74, 6) is 1.30. The average Bonchev–Trinajstić information content (AvgIpc) is 2.84. The van der Waals surface area contributed by atoms with Crippen molar-refractivity contribution in [2.24, 2.45) is 0 Å². The van der Waals surface area contributed by atoms with E-state index in [1.54, 1.807) is 31.6 Å². The minimum Gasteiger partial charge on any atom is -0.497 e. The predicted octanol–water partition coefficient (Wildman–Crippen LogP) is 4.87. The van der Waals surface area contributed by atoms with Crippen molar-refractivity contribution in [3.8, 4) is 28.6 Å². The summed E-state index contributed by atoms with van der Waals surface area (Å²) >= 11 is 0. The molecule has 6 nitrogen and oxygen atoms in total. The van der Waals surface area contributed by atoms with E-state index >= 15 is 0 Å². The van der Waals surface area contributed by atoms with Gasteiger partial charge in [-0.3, -0.25) is 4.79 Å². The molecule has 0 fully saturated rings. The zero-order valence-corrected chi connectivity index (χ0v) is 17.0. The first-order valence-electron chi connectivity index (χ1n) is 9.78. The van der Waals surface area contributed by atoms with Gasteiger partial charge in [-0.1, -0.05) is 42.5 Å². The van der Waals surface area contributed by atoms with E-state index in [1.165, 1.54) is 0 Å². The third-order valence-electron chi connectivity index (χ3n) is 4.65. The first-order valence-corrected chi connectivity index (χ1v) is 9.78. The maximum Gasteiger partial charge on any atom is 0.321 e. The van der Waals surface area contributed by atoms with Gasteiger partial charge in [0.05, 0.1) is 7.11 Å². The van der Waals surface area contributed by atoms with Gasteiger partial charge in [-0.2, -0.15) is 0 Å². The highest BCUT2D eigenvalue weighted by molar-refractivity contribution is 5.94. The van der Waals surface area contributed by atoms with Crippen molar-refractivity contribution >= 4 is 5.91 Å². The van der Waals surface area contributed by atoms with E-state index in [-0.39, 0.29) is 11.9 Å². The van der Waals surface area contributed by atoms with Gasteiger partial charge >= 0.3 is 6.01 Å². The summed E-state index contributed by atoms with van der Waals surface area (Å²) in [6, 6.07) is 24.6. The first kappa shape index (κ1) is 20.1. The fourth-order valence-electron chi connectivity index (χ4n) is 2.99. The maximum atomic E-state index is 12.5. The average molecular weight is 411 g/mol.